The molecule has 6 heteroatoms. The molecule has 1 aliphatic rings. The van der Waals surface area contributed by atoms with Gasteiger partial charge in [-0.3, -0.25) is 4.79 Å². The van der Waals surface area contributed by atoms with Crippen LogP contribution < -0.4 is 5.32 Å². The minimum absolute atomic E-state index is 0. The molecule has 0 radical (unpaired) electrons. The van der Waals surface area contributed by atoms with E-state index in [-0.39, 0.29) is 19.0 Å². The Morgan fingerprint density at radius 1 is 1.67 bits per heavy atom. The number of aliphatic carboxylic acids is 1. The van der Waals surface area contributed by atoms with Gasteiger partial charge >= 0.3 is 5.97 Å². The lowest BCUT2D eigenvalue weighted by Gasteiger charge is -2.14. The molecule has 1 fully saturated rings. The van der Waals surface area contributed by atoms with Crippen molar-refractivity contribution in [2.75, 3.05) is 13.1 Å². The summed E-state index contributed by atoms with van der Waals surface area (Å²) in [5.41, 5.74) is 0. The highest BCUT2D eigenvalue weighted by Crippen LogP contribution is 2.30. The number of rotatable bonds is 2. The van der Waals surface area contributed by atoms with Gasteiger partial charge in [-0.25, -0.2) is 8.78 Å². The largest absolute Gasteiger partial charge is 0.481 e. The Morgan fingerprint density at radius 2 is 2.25 bits per heavy atom. The second kappa shape index (κ2) is 4.00. The van der Waals surface area contributed by atoms with Gasteiger partial charge in [0.2, 0.25) is 0 Å². The van der Waals surface area contributed by atoms with E-state index in [1.807, 2.05) is 0 Å². The molecule has 1 unspecified atom stereocenters. The molecule has 0 aliphatic carbocycles. The summed E-state index contributed by atoms with van der Waals surface area (Å²) in [6.07, 6.45) is -0.458. The van der Waals surface area contributed by atoms with Crippen LogP contribution in [0.15, 0.2) is 0 Å². The number of halogens is 3. The van der Waals surface area contributed by atoms with Gasteiger partial charge < -0.3 is 10.4 Å². The molecule has 0 spiro atoms. The molecule has 1 rings (SSSR count). The summed E-state index contributed by atoms with van der Waals surface area (Å²) in [4.78, 5) is 10.1. The third kappa shape index (κ3) is 2.57. The lowest BCUT2D eigenvalue weighted by Crippen LogP contribution is -2.28. The van der Waals surface area contributed by atoms with Gasteiger partial charge in [-0.1, -0.05) is 0 Å². The van der Waals surface area contributed by atoms with Gasteiger partial charge in [-0.15, -0.1) is 12.4 Å². The van der Waals surface area contributed by atoms with E-state index in [1.54, 1.807) is 0 Å². The van der Waals surface area contributed by atoms with Crippen molar-refractivity contribution in [3.8, 4) is 0 Å². The first kappa shape index (κ1) is 11.6. The first-order chi connectivity index (χ1) is 5.02. The van der Waals surface area contributed by atoms with Crippen LogP contribution in [0.5, 0.6) is 0 Å². The molecule has 0 saturated carbocycles. The van der Waals surface area contributed by atoms with Crippen molar-refractivity contribution in [3.63, 3.8) is 0 Å². The van der Waals surface area contributed by atoms with Crippen LogP contribution in [-0.2, 0) is 4.79 Å². The second-order valence-electron chi connectivity index (χ2n) is 2.69. The normalized spacial score (nSPS) is 26.3. The van der Waals surface area contributed by atoms with E-state index >= 15 is 0 Å². The summed E-state index contributed by atoms with van der Waals surface area (Å²) in [6.45, 7) is -0.301. The van der Waals surface area contributed by atoms with Gasteiger partial charge in [0, 0.05) is 12.5 Å². The number of carboxylic acid groups (broad SMARTS) is 1. The van der Waals surface area contributed by atoms with Crippen molar-refractivity contribution >= 4 is 18.4 Å². The maximum absolute atomic E-state index is 12.6. The second-order valence-corrected chi connectivity index (χ2v) is 2.69. The summed E-state index contributed by atoms with van der Waals surface area (Å²) in [5, 5.41) is 10.7. The zero-order valence-electron chi connectivity index (χ0n) is 6.22. The van der Waals surface area contributed by atoms with Gasteiger partial charge in [0.25, 0.3) is 5.92 Å². The van der Waals surface area contributed by atoms with Gasteiger partial charge in [-0.05, 0) is 0 Å². The van der Waals surface area contributed by atoms with Crippen LogP contribution >= 0.6 is 12.4 Å². The molecule has 0 aromatic heterocycles. The number of hydrogen-bond acceptors (Lipinski definition) is 2. The number of nitrogens with one attached hydrogen (secondary N) is 1. The van der Waals surface area contributed by atoms with Gasteiger partial charge in [-0.2, -0.15) is 0 Å². The van der Waals surface area contributed by atoms with Gasteiger partial charge in [0.15, 0.2) is 0 Å². The molecular weight excluding hydrogens is 192 g/mol. The summed E-state index contributed by atoms with van der Waals surface area (Å²) in [6, 6.07) is 0. The van der Waals surface area contributed by atoms with Crippen molar-refractivity contribution in [3.05, 3.63) is 0 Å². The number of carboxylic acids is 1. The maximum Gasteiger partial charge on any atom is 0.303 e. The van der Waals surface area contributed by atoms with Gasteiger partial charge in [0.1, 0.15) is 0 Å². The Morgan fingerprint density at radius 3 is 2.58 bits per heavy atom. The molecule has 2 N–H and O–H groups in total. The molecule has 12 heavy (non-hydrogen) atoms. The van der Waals surface area contributed by atoms with Crippen molar-refractivity contribution in [2.24, 2.45) is 5.92 Å². The van der Waals surface area contributed by atoms with Crippen molar-refractivity contribution in [1.29, 1.82) is 0 Å². The van der Waals surface area contributed by atoms with Crippen LogP contribution in [0.25, 0.3) is 0 Å². The minimum Gasteiger partial charge on any atom is -0.481 e. The lowest BCUT2D eigenvalue weighted by molar-refractivity contribution is -0.141. The molecule has 3 nitrogen and oxygen atoms in total. The van der Waals surface area contributed by atoms with Gasteiger partial charge in [0.05, 0.1) is 13.0 Å². The Balaban J connectivity index is 0.00000121. The molecule has 0 bridgehead atoms. The quantitative estimate of drug-likeness (QED) is 0.693. The predicted molar refractivity (Wildman–Crippen MR) is 40.8 cm³/mol. The standard InChI is InChI=1S/C6H9F2NO2.ClH/c7-6(8)3-9-2-4(6)1-5(10)11;/h4,9H,1-3H2,(H,10,11);1H. The van der Waals surface area contributed by atoms with Crippen molar-refractivity contribution < 1.29 is 18.7 Å². The summed E-state index contributed by atoms with van der Waals surface area (Å²) < 4.78 is 25.3. The van der Waals surface area contributed by atoms with Crippen molar-refractivity contribution in [2.45, 2.75) is 12.3 Å². The summed E-state index contributed by atoms with van der Waals surface area (Å²) >= 11 is 0. The molecule has 0 aromatic rings. The smallest absolute Gasteiger partial charge is 0.303 e. The fourth-order valence-corrected chi connectivity index (χ4v) is 1.14. The average molecular weight is 202 g/mol. The van der Waals surface area contributed by atoms with Crippen LogP contribution in [0.4, 0.5) is 8.78 Å². The SMILES string of the molecule is Cl.O=C(O)CC1CNCC1(F)F. The first-order valence-electron chi connectivity index (χ1n) is 3.33. The van der Waals surface area contributed by atoms with Crippen LogP contribution in [0, 0.1) is 5.92 Å². The third-order valence-electron chi connectivity index (χ3n) is 1.77. The zero-order valence-corrected chi connectivity index (χ0v) is 7.03. The fourth-order valence-electron chi connectivity index (χ4n) is 1.14. The summed E-state index contributed by atoms with van der Waals surface area (Å²) in [7, 11) is 0. The molecule has 1 heterocycles. The highest BCUT2D eigenvalue weighted by Gasteiger charge is 2.44. The summed E-state index contributed by atoms with van der Waals surface area (Å²) in [5.74, 6) is -5.06. The third-order valence-corrected chi connectivity index (χ3v) is 1.77. The molecule has 72 valence electrons. The zero-order chi connectivity index (χ0) is 8.48. The Kier molecular flexibility index (Phi) is 3.86. The molecule has 1 saturated heterocycles. The average Bonchev–Trinajstić information content (AvgIpc) is 2.10. The Bertz CT molecular complexity index is 177. The Hall–Kier alpha value is -0.420. The first-order valence-corrected chi connectivity index (χ1v) is 3.33. The van der Waals surface area contributed by atoms with E-state index in [1.165, 1.54) is 0 Å². The fraction of sp³-hybridized carbons (Fsp3) is 0.833. The van der Waals surface area contributed by atoms with E-state index in [9.17, 15) is 13.6 Å². The monoisotopic (exact) mass is 201 g/mol. The molecule has 1 atom stereocenters. The molecule has 0 aromatic carbocycles. The van der Waals surface area contributed by atoms with E-state index in [4.69, 9.17) is 5.11 Å². The van der Waals surface area contributed by atoms with E-state index in [0.29, 0.717) is 0 Å². The Labute approximate surface area is 74.5 Å². The highest BCUT2D eigenvalue weighted by atomic mass is 35.5. The number of alkyl halides is 2. The number of hydrogen-bond donors (Lipinski definition) is 2. The highest BCUT2D eigenvalue weighted by molar-refractivity contribution is 5.85. The van der Waals surface area contributed by atoms with E-state index in [0.717, 1.165) is 0 Å². The van der Waals surface area contributed by atoms with Crippen LogP contribution in [0.1, 0.15) is 6.42 Å². The predicted octanol–water partition coefficient (Wildman–Crippen LogP) is 0.738. The van der Waals surface area contributed by atoms with E-state index in [2.05, 4.69) is 5.32 Å². The number of carbonyl (C=O) groups is 1. The topological polar surface area (TPSA) is 49.3 Å². The van der Waals surface area contributed by atoms with Crippen LogP contribution in [-0.4, -0.2) is 30.1 Å². The van der Waals surface area contributed by atoms with Crippen LogP contribution in [0.3, 0.4) is 0 Å². The maximum atomic E-state index is 12.6. The van der Waals surface area contributed by atoms with E-state index < -0.39 is 30.8 Å². The molecular formula is C6H10ClF2NO2. The van der Waals surface area contributed by atoms with Crippen LogP contribution in [0.2, 0.25) is 0 Å². The lowest BCUT2D eigenvalue weighted by atomic mass is 10.0. The molecule has 1 aliphatic heterocycles. The van der Waals surface area contributed by atoms with Crippen molar-refractivity contribution in [1.82, 2.24) is 5.32 Å². The minimum atomic E-state index is -2.85. The molecule has 0 amide bonds.